The fourth-order valence-corrected chi connectivity index (χ4v) is 1.71. The van der Waals surface area contributed by atoms with Gasteiger partial charge in [-0.25, -0.2) is 4.39 Å². The molecule has 0 spiro atoms. The van der Waals surface area contributed by atoms with Crippen molar-refractivity contribution in [3.63, 3.8) is 0 Å². The average Bonchev–Trinajstić information content (AvgIpc) is 2.39. The average molecular weight is 303 g/mol. The number of hydrogen-bond donors (Lipinski definition) is 3. The minimum atomic E-state index is -0.929. The molecule has 7 heteroatoms. The zero-order valence-corrected chi connectivity index (χ0v) is 11.7. The van der Waals surface area contributed by atoms with Gasteiger partial charge in [0.25, 0.3) is 0 Å². The predicted octanol–water partition coefficient (Wildman–Crippen LogP) is 1.69. The van der Waals surface area contributed by atoms with Crippen LogP contribution in [0.15, 0.2) is 18.2 Å². The maximum atomic E-state index is 12.8. The Hall–Kier alpha value is -1.66. The SMILES string of the molecule is CCCC(O)CNC(=O)C(=O)Nc1ccc(F)cc1Cl. The zero-order valence-electron chi connectivity index (χ0n) is 11.0. The van der Waals surface area contributed by atoms with Crippen molar-refractivity contribution >= 4 is 29.1 Å². The number of nitrogens with one attached hydrogen (secondary N) is 2. The van der Waals surface area contributed by atoms with Crippen LogP contribution >= 0.6 is 11.6 Å². The third-order valence-corrected chi connectivity index (χ3v) is 2.82. The van der Waals surface area contributed by atoms with E-state index in [9.17, 15) is 19.1 Å². The van der Waals surface area contributed by atoms with E-state index < -0.39 is 23.7 Å². The molecule has 0 aliphatic heterocycles. The van der Waals surface area contributed by atoms with Crippen molar-refractivity contribution in [2.75, 3.05) is 11.9 Å². The van der Waals surface area contributed by atoms with E-state index in [-0.39, 0.29) is 17.3 Å². The summed E-state index contributed by atoms with van der Waals surface area (Å²) in [5, 5.41) is 14.0. The Morgan fingerprint density at radius 3 is 2.70 bits per heavy atom. The number of carbonyl (C=O) groups is 2. The molecular formula is C13H16ClFN2O3. The van der Waals surface area contributed by atoms with Crippen LogP contribution in [0, 0.1) is 5.82 Å². The molecule has 0 aromatic heterocycles. The smallest absolute Gasteiger partial charge is 0.313 e. The molecule has 1 aromatic rings. The highest BCUT2D eigenvalue weighted by molar-refractivity contribution is 6.41. The molecule has 5 nitrogen and oxygen atoms in total. The van der Waals surface area contributed by atoms with Gasteiger partial charge in [0.2, 0.25) is 0 Å². The van der Waals surface area contributed by atoms with Gasteiger partial charge < -0.3 is 15.7 Å². The largest absolute Gasteiger partial charge is 0.391 e. The van der Waals surface area contributed by atoms with E-state index in [1.807, 2.05) is 6.92 Å². The highest BCUT2D eigenvalue weighted by atomic mass is 35.5. The standard InChI is InChI=1S/C13H16ClFN2O3/c1-2-3-9(18)7-16-12(19)13(20)17-11-5-4-8(15)6-10(11)14/h4-6,9,18H,2-3,7H2,1H3,(H,16,19)(H,17,20). The lowest BCUT2D eigenvalue weighted by Crippen LogP contribution is -2.39. The van der Waals surface area contributed by atoms with E-state index in [1.165, 1.54) is 6.07 Å². The lowest BCUT2D eigenvalue weighted by atomic mass is 10.2. The molecule has 1 unspecified atom stereocenters. The number of rotatable bonds is 5. The van der Waals surface area contributed by atoms with Gasteiger partial charge in [-0.2, -0.15) is 0 Å². The summed E-state index contributed by atoms with van der Waals surface area (Å²) in [4.78, 5) is 23.0. The molecule has 0 saturated heterocycles. The van der Waals surface area contributed by atoms with Crippen molar-refractivity contribution in [2.24, 2.45) is 0 Å². The summed E-state index contributed by atoms with van der Waals surface area (Å²) in [5.41, 5.74) is 0.141. The molecule has 0 heterocycles. The van der Waals surface area contributed by atoms with Crippen LogP contribution in [0.25, 0.3) is 0 Å². The van der Waals surface area contributed by atoms with E-state index in [0.717, 1.165) is 18.6 Å². The van der Waals surface area contributed by atoms with Crippen molar-refractivity contribution in [1.82, 2.24) is 5.32 Å². The quantitative estimate of drug-likeness (QED) is 0.724. The van der Waals surface area contributed by atoms with Gasteiger partial charge >= 0.3 is 11.8 Å². The van der Waals surface area contributed by atoms with Gasteiger partial charge in [-0.3, -0.25) is 9.59 Å². The predicted molar refractivity (Wildman–Crippen MR) is 74.0 cm³/mol. The van der Waals surface area contributed by atoms with Gasteiger partial charge in [0.15, 0.2) is 0 Å². The first-order valence-corrected chi connectivity index (χ1v) is 6.54. The van der Waals surface area contributed by atoms with Crippen LogP contribution in [0.1, 0.15) is 19.8 Å². The Balaban J connectivity index is 2.51. The van der Waals surface area contributed by atoms with E-state index >= 15 is 0 Å². The van der Waals surface area contributed by atoms with E-state index in [4.69, 9.17) is 11.6 Å². The first-order valence-electron chi connectivity index (χ1n) is 6.16. The highest BCUT2D eigenvalue weighted by Crippen LogP contribution is 2.22. The molecule has 110 valence electrons. The van der Waals surface area contributed by atoms with Gasteiger partial charge in [-0.05, 0) is 24.6 Å². The van der Waals surface area contributed by atoms with Crippen molar-refractivity contribution in [2.45, 2.75) is 25.9 Å². The second-order valence-corrected chi connectivity index (χ2v) is 4.64. The van der Waals surface area contributed by atoms with Gasteiger partial charge in [-0.15, -0.1) is 0 Å². The third-order valence-electron chi connectivity index (χ3n) is 2.51. The van der Waals surface area contributed by atoms with Crippen molar-refractivity contribution in [1.29, 1.82) is 0 Å². The Bertz CT molecular complexity index is 497. The Morgan fingerprint density at radius 2 is 2.10 bits per heavy atom. The highest BCUT2D eigenvalue weighted by Gasteiger charge is 2.16. The lowest BCUT2D eigenvalue weighted by Gasteiger charge is -2.11. The molecule has 0 bridgehead atoms. The van der Waals surface area contributed by atoms with Crippen LogP contribution in [0.5, 0.6) is 0 Å². The maximum absolute atomic E-state index is 12.8. The summed E-state index contributed by atoms with van der Waals surface area (Å²) in [7, 11) is 0. The van der Waals surface area contributed by atoms with Crippen molar-refractivity contribution < 1.29 is 19.1 Å². The summed E-state index contributed by atoms with van der Waals surface area (Å²) in [6.45, 7) is 1.89. The van der Waals surface area contributed by atoms with E-state index in [0.29, 0.717) is 6.42 Å². The number of aliphatic hydroxyl groups excluding tert-OH is 1. The second kappa shape index (κ2) is 7.81. The van der Waals surface area contributed by atoms with E-state index in [1.54, 1.807) is 0 Å². The van der Waals surface area contributed by atoms with Crippen molar-refractivity contribution in [3.05, 3.63) is 29.0 Å². The number of halogens is 2. The number of benzene rings is 1. The van der Waals surface area contributed by atoms with Gasteiger partial charge in [0.05, 0.1) is 16.8 Å². The molecule has 0 fully saturated rings. The normalized spacial score (nSPS) is 11.8. The van der Waals surface area contributed by atoms with Gasteiger partial charge in [0.1, 0.15) is 5.82 Å². The van der Waals surface area contributed by atoms with Crippen LogP contribution in [0.2, 0.25) is 5.02 Å². The van der Waals surface area contributed by atoms with Crippen molar-refractivity contribution in [3.8, 4) is 0 Å². The topological polar surface area (TPSA) is 78.4 Å². The van der Waals surface area contributed by atoms with Crippen LogP contribution < -0.4 is 10.6 Å². The Kier molecular flexibility index (Phi) is 6.41. The number of aliphatic hydroxyl groups is 1. The molecule has 2 amide bonds. The van der Waals surface area contributed by atoms with Crippen LogP contribution in [-0.2, 0) is 9.59 Å². The summed E-state index contributed by atoms with van der Waals surface area (Å²) in [5.74, 6) is -2.36. The number of anilines is 1. The fourth-order valence-electron chi connectivity index (χ4n) is 1.50. The lowest BCUT2D eigenvalue weighted by molar-refractivity contribution is -0.136. The summed E-state index contributed by atoms with van der Waals surface area (Å²) < 4.78 is 12.8. The zero-order chi connectivity index (χ0) is 15.1. The third kappa shape index (κ3) is 5.14. The first-order chi connectivity index (χ1) is 9.43. The molecule has 20 heavy (non-hydrogen) atoms. The summed E-state index contributed by atoms with van der Waals surface area (Å²) in [6, 6.07) is 3.40. The number of hydrogen-bond acceptors (Lipinski definition) is 3. The Labute approximate surface area is 121 Å². The molecular weight excluding hydrogens is 287 g/mol. The first kappa shape index (κ1) is 16.4. The molecule has 0 aliphatic rings. The molecule has 3 N–H and O–H groups in total. The van der Waals surface area contributed by atoms with E-state index in [2.05, 4.69) is 10.6 Å². The maximum Gasteiger partial charge on any atom is 0.313 e. The minimum absolute atomic E-state index is 0.00262. The Morgan fingerprint density at radius 1 is 1.40 bits per heavy atom. The fraction of sp³-hybridized carbons (Fsp3) is 0.385. The number of carbonyl (C=O) groups excluding carboxylic acids is 2. The molecule has 0 radical (unpaired) electrons. The van der Waals surface area contributed by atoms with Crippen LogP contribution in [0.4, 0.5) is 10.1 Å². The molecule has 0 aliphatic carbocycles. The van der Waals surface area contributed by atoms with Gasteiger partial charge in [-0.1, -0.05) is 24.9 Å². The monoisotopic (exact) mass is 302 g/mol. The second-order valence-electron chi connectivity index (χ2n) is 4.23. The van der Waals surface area contributed by atoms with Crippen LogP contribution in [0.3, 0.4) is 0 Å². The molecule has 1 atom stereocenters. The minimum Gasteiger partial charge on any atom is -0.391 e. The van der Waals surface area contributed by atoms with Crippen LogP contribution in [-0.4, -0.2) is 29.6 Å². The summed E-state index contributed by atoms with van der Waals surface area (Å²) >= 11 is 5.72. The summed E-state index contributed by atoms with van der Waals surface area (Å²) in [6.07, 6.45) is 0.617. The van der Waals surface area contributed by atoms with Gasteiger partial charge in [0, 0.05) is 6.54 Å². The number of amides is 2. The molecule has 1 rings (SSSR count). The molecule has 1 aromatic carbocycles. The molecule has 0 saturated carbocycles.